The van der Waals surface area contributed by atoms with Gasteiger partial charge in [0.1, 0.15) is 17.1 Å². The molecule has 0 unspecified atom stereocenters. The fourth-order valence-electron chi connectivity index (χ4n) is 5.58. The summed E-state index contributed by atoms with van der Waals surface area (Å²) in [6.07, 6.45) is 10.8. The lowest BCUT2D eigenvalue weighted by atomic mass is 9.77. The van der Waals surface area contributed by atoms with Crippen molar-refractivity contribution in [2.75, 3.05) is 0 Å². The molecule has 1 amide bonds. The fourth-order valence-corrected chi connectivity index (χ4v) is 5.58. The molecular formula is C27H33NO3. The van der Waals surface area contributed by atoms with E-state index in [9.17, 15) is 4.79 Å². The Morgan fingerprint density at radius 1 is 1.03 bits per heavy atom. The lowest BCUT2D eigenvalue weighted by molar-refractivity contribution is -0.128. The number of benzene rings is 2. The van der Waals surface area contributed by atoms with Gasteiger partial charge in [-0.1, -0.05) is 30.7 Å². The van der Waals surface area contributed by atoms with Crippen molar-refractivity contribution in [2.45, 2.75) is 88.9 Å². The van der Waals surface area contributed by atoms with Crippen LogP contribution in [0, 0.1) is 0 Å². The number of para-hydroxylation sites is 1. The number of aryl methyl sites for hydroxylation is 2. The molecule has 1 saturated carbocycles. The van der Waals surface area contributed by atoms with E-state index in [0.717, 1.165) is 49.2 Å². The maximum Gasteiger partial charge on any atom is 0.261 e. The number of fused-ring (bicyclic) bond motifs is 2. The first-order valence-electron chi connectivity index (χ1n) is 12.0. The van der Waals surface area contributed by atoms with Gasteiger partial charge in [0.05, 0.1) is 6.04 Å². The predicted molar refractivity (Wildman–Crippen MR) is 122 cm³/mol. The van der Waals surface area contributed by atoms with E-state index in [1.807, 2.05) is 31.2 Å². The molecule has 31 heavy (non-hydrogen) atoms. The number of nitrogens with one attached hydrogen (secondary N) is 1. The van der Waals surface area contributed by atoms with Gasteiger partial charge in [0.15, 0.2) is 6.10 Å². The van der Waals surface area contributed by atoms with E-state index < -0.39 is 6.10 Å². The zero-order valence-electron chi connectivity index (χ0n) is 18.5. The zero-order chi connectivity index (χ0) is 21.3. The van der Waals surface area contributed by atoms with Crippen LogP contribution in [0.5, 0.6) is 11.5 Å². The van der Waals surface area contributed by atoms with Gasteiger partial charge in [0.25, 0.3) is 5.91 Å². The van der Waals surface area contributed by atoms with Gasteiger partial charge in [0, 0.05) is 12.0 Å². The van der Waals surface area contributed by atoms with Crippen LogP contribution in [0.25, 0.3) is 0 Å². The minimum Gasteiger partial charge on any atom is -0.487 e. The van der Waals surface area contributed by atoms with E-state index in [-0.39, 0.29) is 17.6 Å². The summed E-state index contributed by atoms with van der Waals surface area (Å²) in [4.78, 5) is 13.1. The third-order valence-electron chi connectivity index (χ3n) is 7.28. The van der Waals surface area contributed by atoms with E-state index in [2.05, 4.69) is 23.5 Å². The van der Waals surface area contributed by atoms with Crippen LogP contribution < -0.4 is 14.8 Å². The van der Waals surface area contributed by atoms with Gasteiger partial charge in [-0.05, 0) is 87.6 Å². The largest absolute Gasteiger partial charge is 0.487 e. The second-order valence-corrected chi connectivity index (χ2v) is 9.55. The Labute approximate surface area is 185 Å². The molecule has 0 saturated heterocycles. The van der Waals surface area contributed by atoms with Crippen molar-refractivity contribution in [2.24, 2.45) is 0 Å². The molecule has 1 N–H and O–H groups in total. The molecule has 2 atom stereocenters. The zero-order valence-corrected chi connectivity index (χ0v) is 18.5. The number of ether oxygens (including phenoxy) is 2. The SMILES string of the molecule is C[C@H](Oc1ccc2c(c1)CCCC2)C(=O)N[C@H]1CC2(CCCCC2)Oc2ccccc21. The van der Waals surface area contributed by atoms with Crippen LogP contribution in [0.1, 0.15) is 81.0 Å². The highest BCUT2D eigenvalue weighted by Crippen LogP contribution is 2.46. The average Bonchev–Trinajstić information content (AvgIpc) is 2.79. The second-order valence-electron chi connectivity index (χ2n) is 9.55. The highest BCUT2D eigenvalue weighted by molar-refractivity contribution is 5.81. The molecule has 1 aliphatic heterocycles. The van der Waals surface area contributed by atoms with E-state index in [1.165, 1.54) is 43.2 Å². The maximum absolute atomic E-state index is 13.1. The number of hydrogen-bond donors (Lipinski definition) is 1. The first kappa shape index (κ1) is 20.4. The van der Waals surface area contributed by atoms with Crippen molar-refractivity contribution in [3.05, 3.63) is 59.2 Å². The third-order valence-corrected chi connectivity index (χ3v) is 7.28. The van der Waals surface area contributed by atoms with Crippen molar-refractivity contribution in [1.29, 1.82) is 0 Å². The Hall–Kier alpha value is -2.49. The van der Waals surface area contributed by atoms with Crippen LogP contribution in [-0.4, -0.2) is 17.6 Å². The first-order chi connectivity index (χ1) is 15.1. The smallest absolute Gasteiger partial charge is 0.261 e. The Morgan fingerprint density at radius 3 is 2.65 bits per heavy atom. The highest BCUT2D eigenvalue weighted by atomic mass is 16.5. The molecule has 2 aliphatic carbocycles. The van der Waals surface area contributed by atoms with Crippen molar-refractivity contribution < 1.29 is 14.3 Å². The van der Waals surface area contributed by atoms with Crippen LogP contribution in [0.3, 0.4) is 0 Å². The number of carbonyl (C=O) groups excluding carboxylic acids is 1. The molecule has 1 spiro atoms. The van der Waals surface area contributed by atoms with Gasteiger partial charge in [-0.2, -0.15) is 0 Å². The van der Waals surface area contributed by atoms with Gasteiger partial charge >= 0.3 is 0 Å². The van der Waals surface area contributed by atoms with E-state index in [0.29, 0.717) is 0 Å². The number of amides is 1. The molecule has 5 rings (SSSR count). The molecule has 1 fully saturated rings. The molecule has 4 nitrogen and oxygen atoms in total. The molecule has 164 valence electrons. The van der Waals surface area contributed by atoms with E-state index >= 15 is 0 Å². The topological polar surface area (TPSA) is 47.6 Å². The van der Waals surface area contributed by atoms with Crippen LogP contribution in [0.15, 0.2) is 42.5 Å². The molecule has 0 radical (unpaired) electrons. The maximum atomic E-state index is 13.1. The summed E-state index contributed by atoms with van der Waals surface area (Å²) in [5.74, 6) is 1.65. The Morgan fingerprint density at radius 2 is 1.81 bits per heavy atom. The third kappa shape index (κ3) is 4.30. The standard InChI is InChI=1S/C27H33NO3/c1-19(30-22-14-13-20-9-3-4-10-21(20)17-22)26(29)28-24-18-27(15-7-2-8-16-27)31-25-12-6-5-11-23(24)25/h5-6,11-14,17,19,24H,2-4,7-10,15-16,18H2,1H3,(H,28,29)/t19-,24-/m0/s1. The Bertz CT molecular complexity index is 947. The van der Waals surface area contributed by atoms with Gasteiger partial charge in [-0.25, -0.2) is 0 Å². The van der Waals surface area contributed by atoms with Gasteiger partial charge < -0.3 is 14.8 Å². The molecule has 0 aromatic heterocycles. The normalized spacial score (nSPS) is 22.5. The number of rotatable bonds is 4. The summed E-state index contributed by atoms with van der Waals surface area (Å²) in [6, 6.07) is 14.4. The van der Waals surface area contributed by atoms with Gasteiger partial charge in [0.2, 0.25) is 0 Å². The Balaban J connectivity index is 1.29. The van der Waals surface area contributed by atoms with Crippen LogP contribution >= 0.6 is 0 Å². The minimum absolute atomic E-state index is 0.0369. The Kier molecular flexibility index (Phi) is 5.64. The molecule has 2 aromatic carbocycles. The molecule has 2 aromatic rings. The van der Waals surface area contributed by atoms with Crippen molar-refractivity contribution in [3.63, 3.8) is 0 Å². The summed E-state index contributed by atoms with van der Waals surface area (Å²) in [5, 5.41) is 3.29. The van der Waals surface area contributed by atoms with E-state index in [1.54, 1.807) is 0 Å². The molecular weight excluding hydrogens is 386 g/mol. The lowest BCUT2D eigenvalue weighted by Gasteiger charge is -2.44. The summed E-state index contributed by atoms with van der Waals surface area (Å²) in [5.41, 5.74) is 3.72. The fraction of sp³-hybridized carbons (Fsp3) is 0.519. The summed E-state index contributed by atoms with van der Waals surface area (Å²) in [7, 11) is 0. The van der Waals surface area contributed by atoms with Crippen LogP contribution in [0.4, 0.5) is 0 Å². The first-order valence-corrected chi connectivity index (χ1v) is 12.0. The molecule has 3 aliphatic rings. The van der Waals surface area contributed by atoms with Crippen molar-refractivity contribution in [1.82, 2.24) is 5.32 Å². The summed E-state index contributed by atoms with van der Waals surface area (Å²) < 4.78 is 12.6. The van der Waals surface area contributed by atoms with Gasteiger partial charge in [-0.15, -0.1) is 0 Å². The minimum atomic E-state index is -0.543. The monoisotopic (exact) mass is 419 g/mol. The lowest BCUT2D eigenvalue weighted by Crippen LogP contribution is -2.48. The predicted octanol–water partition coefficient (Wildman–Crippen LogP) is 5.68. The molecule has 0 bridgehead atoms. The summed E-state index contributed by atoms with van der Waals surface area (Å²) >= 11 is 0. The number of hydrogen-bond acceptors (Lipinski definition) is 3. The second kappa shape index (κ2) is 8.57. The van der Waals surface area contributed by atoms with Crippen LogP contribution in [0.2, 0.25) is 0 Å². The van der Waals surface area contributed by atoms with Crippen molar-refractivity contribution in [3.8, 4) is 11.5 Å². The van der Waals surface area contributed by atoms with Gasteiger partial charge in [-0.3, -0.25) is 4.79 Å². The average molecular weight is 420 g/mol. The quantitative estimate of drug-likeness (QED) is 0.694. The summed E-state index contributed by atoms with van der Waals surface area (Å²) in [6.45, 7) is 1.84. The van der Waals surface area contributed by atoms with Crippen molar-refractivity contribution >= 4 is 5.91 Å². The highest BCUT2D eigenvalue weighted by Gasteiger charge is 2.42. The number of carbonyl (C=O) groups is 1. The van der Waals surface area contributed by atoms with Crippen LogP contribution in [-0.2, 0) is 17.6 Å². The molecule has 4 heteroatoms. The molecule has 1 heterocycles. The van der Waals surface area contributed by atoms with E-state index in [4.69, 9.17) is 9.47 Å².